The molecule has 27 heavy (non-hydrogen) atoms. The zero-order chi connectivity index (χ0) is 19.6. The van der Waals surface area contributed by atoms with Crippen molar-refractivity contribution < 1.29 is 4.92 Å². The van der Waals surface area contributed by atoms with E-state index in [9.17, 15) is 10.1 Å². The SMILES string of the molecule is CN(C)c1ccc(N=c2sc(-c3ccc([N+](=O)[O-])cc3)c(N(C)C)s2)cc1. The van der Waals surface area contributed by atoms with Crippen LogP contribution < -0.4 is 13.8 Å². The molecule has 0 saturated carbocycles. The second-order valence-electron chi connectivity index (χ2n) is 6.33. The largest absolute Gasteiger partial charge is 0.378 e. The van der Waals surface area contributed by atoms with E-state index in [1.54, 1.807) is 34.8 Å². The first-order chi connectivity index (χ1) is 12.8. The van der Waals surface area contributed by atoms with Gasteiger partial charge in [-0.25, -0.2) is 4.99 Å². The molecule has 0 saturated heterocycles. The fourth-order valence-corrected chi connectivity index (χ4v) is 4.93. The molecule has 8 heteroatoms. The molecule has 1 heterocycles. The van der Waals surface area contributed by atoms with Crippen LogP contribution in [0.4, 0.5) is 22.1 Å². The van der Waals surface area contributed by atoms with Gasteiger partial charge in [0.05, 0.1) is 15.5 Å². The predicted octanol–water partition coefficient (Wildman–Crippen LogP) is 4.75. The van der Waals surface area contributed by atoms with Crippen LogP contribution in [0.3, 0.4) is 0 Å². The molecular weight excluding hydrogens is 380 g/mol. The summed E-state index contributed by atoms with van der Waals surface area (Å²) in [4.78, 5) is 20.4. The molecule has 2 aromatic carbocycles. The lowest BCUT2D eigenvalue weighted by Crippen LogP contribution is -2.07. The molecule has 0 N–H and O–H groups in total. The lowest BCUT2D eigenvalue weighted by atomic mass is 10.2. The van der Waals surface area contributed by atoms with Gasteiger partial charge >= 0.3 is 0 Å². The smallest absolute Gasteiger partial charge is 0.269 e. The Kier molecular flexibility index (Phi) is 5.57. The van der Waals surface area contributed by atoms with Gasteiger partial charge in [-0.1, -0.05) is 11.3 Å². The summed E-state index contributed by atoms with van der Waals surface area (Å²) in [6, 6.07) is 14.7. The van der Waals surface area contributed by atoms with Crippen LogP contribution >= 0.6 is 22.7 Å². The molecule has 0 unspecified atom stereocenters. The molecule has 0 aliphatic rings. The highest BCUT2D eigenvalue weighted by Gasteiger charge is 2.14. The standard InChI is InChI=1S/C19H20N4O2S2/c1-21(2)15-11-7-14(8-12-15)20-19-26-17(18(27-19)22(3)4)13-5-9-16(10-6-13)23(24)25/h5-12H,1-4H3. The van der Waals surface area contributed by atoms with E-state index in [1.807, 2.05) is 62.3 Å². The first-order valence-electron chi connectivity index (χ1n) is 8.23. The van der Waals surface area contributed by atoms with Crippen LogP contribution in [0.25, 0.3) is 10.4 Å². The summed E-state index contributed by atoms with van der Waals surface area (Å²) in [7, 11) is 7.99. The number of anilines is 2. The summed E-state index contributed by atoms with van der Waals surface area (Å²) in [6.45, 7) is 0. The van der Waals surface area contributed by atoms with Crippen molar-refractivity contribution in [3.63, 3.8) is 0 Å². The van der Waals surface area contributed by atoms with Gasteiger partial charge in [-0.2, -0.15) is 0 Å². The molecule has 0 aliphatic heterocycles. The molecule has 0 atom stereocenters. The second-order valence-corrected chi connectivity index (χ2v) is 8.56. The molecule has 3 rings (SSSR count). The van der Waals surface area contributed by atoms with Crippen molar-refractivity contribution in [1.82, 2.24) is 0 Å². The van der Waals surface area contributed by atoms with Crippen LogP contribution in [0.5, 0.6) is 0 Å². The van der Waals surface area contributed by atoms with E-state index in [-0.39, 0.29) is 10.6 Å². The number of rotatable bonds is 5. The molecule has 140 valence electrons. The monoisotopic (exact) mass is 400 g/mol. The van der Waals surface area contributed by atoms with Gasteiger partial charge in [-0.05, 0) is 42.0 Å². The highest BCUT2D eigenvalue weighted by atomic mass is 32.2. The Labute approximate surface area is 165 Å². The van der Waals surface area contributed by atoms with Gasteiger partial charge in [-0.3, -0.25) is 10.1 Å². The average molecular weight is 401 g/mol. The summed E-state index contributed by atoms with van der Waals surface area (Å²) in [6.07, 6.45) is 0. The van der Waals surface area contributed by atoms with E-state index in [4.69, 9.17) is 4.99 Å². The van der Waals surface area contributed by atoms with Gasteiger partial charge in [-0.15, -0.1) is 11.3 Å². The Hall–Kier alpha value is -2.71. The fourth-order valence-electron chi connectivity index (χ4n) is 2.47. The third kappa shape index (κ3) is 4.35. The Morgan fingerprint density at radius 3 is 2.04 bits per heavy atom. The zero-order valence-electron chi connectivity index (χ0n) is 15.5. The lowest BCUT2D eigenvalue weighted by molar-refractivity contribution is -0.384. The molecule has 0 fully saturated rings. The van der Waals surface area contributed by atoms with Crippen molar-refractivity contribution >= 4 is 44.7 Å². The van der Waals surface area contributed by atoms with E-state index >= 15 is 0 Å². The van der Waals surface area contributed by atoms with E-state index in [1.165, 1.54) is 12.1 Å². The summed E-state index contributed by atoms with van der Waals surface area (Å²) < 4.78 is 0.935. The first-order valence-corrected chi connectivity index (χ1v) is 9.86. The van der Waals surface area contributed by atoms with Gasteiger partial charge in [0, 0.05) is 46.0 Å². The number of non-ortho nitro benzene ring substituents is 1. The molecule has 1 aromatic heterocycles. The minimum Gasteiger partial charge on any atom is -0.378 e. The maximum atomic E-state index is 10.9. The molecule has 6 nitrogen and oxygen atoms in total. The van der Waals surface area contributed by atoms with Crippen molar-refractivity contribution in [2.24, 2.45) is 4.99 Å². The molecule has 0 bridgehead atoms. The molecule has 0 amide bonds. The lowest BCUT2D eigenvalue weighted by Gasteiger charge is -2.11. The minimum absolute atomic E-state index is 0.0938. The third-order valence-corrected chi connectivity index (χ3v) is 6.46. The summed E-state index contributed by atoms with van der Waals surface area (Å²) in [5.74, 6) is 0. The van der Waals surface area contributed by atoms with Crippen LogP contribution in [-0.4, -0.2) is 33.1 Å². The number of nitro benzene ring substituents is 1. The van der Waals surface area contributed by atoms with Crippen LogP contribution in [0, 0.1) is 10.1 Å². The number of nitrogens with zero attached hydrogens (tertiary/aromatic N) is 4. The van der Waals surface area contributed by atoms with Crippen LogP contribution in [-0.2, 0) is 0 Å². The topological polar surface area (TPSA) is 62.0 Å². The maximum absolute atomic E-state index is 10.9. The van der Waals surface area contributed by atoms with Gasteiger partial charge < -0.3 is 9.80 Å². The number of benzene rings is 2. The molecule has 0 spiro atoms. The first kappa shape index (κ1) is 19.1. The molecule has 3 aromatic rings. The second kappa shape index (κ2) is 7.89. The quantitative estimate of drug-likeness (QED) is 0.458. The van der Waals surface area contributed by atoms with Crippen LogP contribution in [0.2, 0.25) is 0 Å². The number of hydrogen-bond acceptors (Lipinski definition) is 7. The van der Waals surface area contributed by atoms with Crippen LogP contribution in [0.1, 0.15) is 0 Å². The van der Waals surface area contributed by atoms with Gasteiger partial charge in [0.1, 0.15) is 5.00 Å². The maximum Gasteiger partial charge on any atom is 0.269 e. The van der Waals surface area contributed by atoms with E-state index in [0.29, 0.717) is 0 Å². The molecular formula is C19H20N4O2S2. The predicted molar refractivity (Wildman–Crippen MR) is 115 cm³/mol. The average Bonchev–Trinajstić information content (AvgIpc) is 3.06. The van der Waals surface area contributed by atoms with Crippen molar-refractivity contribution in [2.45, 2.75) is 0 Å². The summed E-state index contributed by atoms with van der Waals surface area (Å²) in [5, 5.41) is 12.0. The Morgan fingerprint density at radius 1 is 0.889 bits per heavy atom. The Morgan fingerprint density at radius 2 is 1.52 bits per heavy atom. The fraction of sp³-hybridized carbons (Fsp3) is 0.211. The van der Waals surface area contributed by atoms with Crippen LogP contribution in [0.15, 0.2) is 53.5 Å². The van der Waals surface area contributed by atoms with Gasteiger partial charge in [0.15, 0.2) is 3.98 Å². The third-order valence-electron chi connectivity index (χ3n) is 3.90. The Balaban J connectivity index is 2.01. The number of hydrogen-bond donors (Lipinski definition) is 0. The highest BCUT2D eigenvalue weighted by molar-refractivity contribution is 7.32. The normalized spacial score (nSPS) is 11.5. The van der Waals surface area contributed by atoms with E-state index in [0.717, 1.165) is 30.8 Å². The van der Waals surface area contributed by atoms with Gasteiger partial charge in [0.25, 0.3) is 5.69 Å². The van der Waals surface area contributed by atoms with Crippen molar-refractivity contribution in [2.75, 3.05) is 38.0 Å². The van der Waals surface area contributed by atoms with Crippen molar-refractivity contribution in [3.05, 3.63) is 62.6 Å². The van der Waals surface area contributed by atoms with Crippen molar-refractivity contribution in [1.29, 1.82) is 0 Å². The van der Waals surface area contributed by atoms with Crippen molar-refractivity contribution in [3.8, 4) is 10.4 Å². The zero-order valence-corrected chi connectivity index (χ0v) is 17.2. The van der Waals surface area contributed by atoms with Gasteiger partial charge in [0.2, 0.25) is 0 Å². The molecule has 0 radical (unpaired) electrons. The molecule has 0 aliphatic carbocycles. The minimum atomic E-state index is -0.383. The Bertz CT molecular complexity index is 1000. The highest BCUT2D eigenvalue weighted by Crippen LogP contribution is 2.37. The summed E-state index contributed by atoms with van der Waals surface area (Å²) >= 11 is 3.20. The summed E-state index contributed by atoms with van der Waals surface area (Å²) in [5.41, 5.74) is 3.08. The van der Waals surface area contributed by atoms with E-state index in [2.05, 4.69) is 0 Å². The van der Waals surface area contributed by atoms with E-state index < -0.39 is 0 Å². The number of nitro groups is 1.